The van der Waals surface area contributed by atoms with Crippen molar-refractivity contribution in [1.82, 2.24) is 0 Å². The van der Waals surface area contributed by atoms with Crippen LogP contribution < -0.4 is 0 Å². The maximum Gasteiger partial charge on any atom is 0.343 e. The summed E-state index contributed by atoms with van der Waals surface area (Å²) in [5.41, 5.74) is 0.0773. The van der Waals surface area contributed by atoms with Crippen LogP contribution in [0.25, 0.3) is 0 Å². The lowest BCUT2D eigenvalue weighted by atomic mass is 9.96. The smallest absolute Gasteiger partial charge is 0.343 e. The zero-order valence-corrected chi connectivity index (χ0v) is 13.6. The minimum atomic E-state index is -1.65. The van der Waals surface area contributed by atoms with Crippen molar-refractivity contribution in [1.29, 1.82) is 0 Å². The lowest BCUT2D eigenvalue weighted by Gasteiger charge is -2.26. The minimum absolute atomic E-state index is 0.207. The van der Waals surface area contributed by atoms with Crippen molar-refractivity contribution in [2.75, 3.05) is 12.4 Å². The topological polar surface area (TPSA) is 46.5 Å². The molecule has 2 aromatic rings. The van der Waals surface area contributed by atoms with Crippen LogP contribution in [0.4, 0.5) is 0 Å². The lowest BCUT2D eigenvalue weighted by Crippen LogP contribution is -2.39. The fourth-order valence-corrected chi connectivity index (χ4v) is 3.04. The van der Waals surface area contributed by atoms with Gasteiger partial charge in [0.15, 0.2) is 5.60 Å². The van der Waals surface area contributed by atoms with E-state index < -0.39 is 11.6 Å². The zero-order chi connectivity index (χ0) is 16.0. The summed E-state index contributed by atoms with van der Waals surface area (Å²) in [6, 6.07) is 16.9. The number of benzene rings is 2. The van der Waals surface area contributed by atoms with Crippen molar-refractivity contribution in [3.05, 3.63) is 65.7 Å². The zero-order valence-electron chi connectivity index (χ0n) is 12.8. The number of aryl methyl sites for hydroxylation is 1. The number of rotatable bonds is 6. The number of carbonyl (C=O) groups is 1. The second-order valence-corrected chi connectivity index (χ2v) is 6.10. The molecule has 22 heavy (non-hydrogen) atoms. The van der Waals surface area contributed by atoms with Crippen LogP contribution in [0.3, 0.4) is 0 Å². The molecule has 4 heteroatoms. The summed E-state index contributed by atoms with van der Waals surface area (Å²) in [5.74, 6) is -0.403. The molecule has 0 saturated carbocycles. The van der Waals surface area contributed by atoms with E-state index in [9.17, 15) is 9.90 Å². The predicted molar refractivity (Wildman–Crippen MR) is 88.9 cm³/mol. The standard InChI is InChI=1S/C18H20O3S/c1-3-21-17(19)18(20,15-7-5-4-6-8-15)13-22-16-11-9-14(2)10-12-16/h4-12,20H,3,13H2,1-2H3/t18-/m0/s1. The van der Waals surface area contributed by atoms with E-state index in [0.29, 0.717) is 5.56 Å². The van der Waals surface area contributed by atoms with Crippen molar-refractivity contribution in [3.63, 3.8) is 0 Å². The monoisotopic (exact) mass is 316 g/mol. The molecule has 0 aliphatic heterocycles. The highest BCUT2D eigenvalue weighted by Gasteiger charge is 2.39. The summed E-state index contributed by atoms with van der Waals surface area (Å²) < 4.78 is 5.07. The number of hydrogen-bond acceptors (Lipinski definition) is 4. The molecule has 0 bridgehead atoms. The van der Waals surface area contributed by atoms with Crippen molar-refractivity contribution in [2.45, 2.75) is 24.3 Å². The molecule has 3 nitrogen and oxygen atoms in total. The van der Waals surface area contributed by atoms with Gasteiger partial charge in [0.2, 0.25) is 0 Å². The molecule has 0 aliphatic carbocycles. The molecule has 1 atom stereocenters. The molecule has 0 saturated heterocycles. The largest absolute Gasteiger partial charge is 0.464 e. The molecular formula is C18H20O3S. The number of esters is 1. The Labute approximate surface area is 135 Å². The van der Waals surface area contributed by atoms with Crippen molar-refractivity contribution >= 4 is 17.7 Å². The van der Waals surface area contributed by atoms with E-state index in [1.165, 1.54) is 17.3 Å². The highest BCUT2D eigenvalue weighted by atomic mass is 32.2. The number of aliphatic hydroxyl groups is 1. The van der Waals surface area contributed by atoms with E-state index in [-0.39, 0.29) is 12.4 Å². The number of ether oxygens (including phenoxy) is 1. The summed E-state index contributed by atoms with van der Waals surface area (Å²) in [6.07, 6.45) is 0. The average molecular weight is 316 g/mol. The van der Waals surface area contributed by atoms with Gasteiger partial charge in [-0.05, 0) is 31.5 Å². The van der Waals surface area contributed by atoms with E-state index in [4.69, 9.17) is 4.74 Å². The third-order valence-corrected chi connectivity index (χ3v) is 4.50. The SMILES string of the molecule is CCOC(=O)[C@](O)(CSc1ccc(C)cc1)c1ccccc1. The van der Waals surface area contributed by atoms with E-state index in [1.807, 2.05) is 37.3 Å². The van der Waals surface area contributed by atoms with Crippen molar-refractivity contribution in [2.24, 2.45) is 0 Å². The van der Waals surface area contributed by atoms with Crippen LogP contribution in [0.15, 0.2) is 59.5 Å². The Bertz CT molecular complexity index is 610. The van der Waals surface area contributed by atoms with Crippen LogP contribution in [0, 0.1) is 6.92 Å². The highest BCUT2D eigenvalue weighted by Crippen LogP contribution is 2.31. The van der Waals surface area contributed by atoms with E-state index in [1.54, 1.807) is 31.2 Å². The van der Waals surface area contributed by atoms with Gasteiger partial charge in [0.05, 0.1) is 6.61 Å². The normalized spacial score (nSPS) is 13.4. The first-order valence-electron chi connectivity index (χ1n) is 7.21. The van der Waals surface area contributed by atoms with Crippen LogP contribution in [-0.2, 0) is 15.1 Å². The Morgan fingerprint density at radius 2 is 1.77 bits per heavy atom. The van der Waals surface area contributed by atoms with Crippen LogP contribution in [0.1, 0.15) is 18.1 Å². The van der Waals surface area contributed by atoms with Crippen LogP contribution >= 0.6 is 11.8 Å². The van der Waals surface area contributed by atoms with Gasteiger partial charge in [0.1, 0.15) is 0 Å². The number of hydrogen-bond donors (Lipinski definition) is 1. The third-order valence-electron chi connectivity index (χ3n) is 3.33. The molecule has 2 rings (SSSR count). The van der Waals surface area contributed by atoms with Gasteiger partial charge in [-0.3, -0.25) is 0 Å². The molecule has 0 unspecified atom stereocenters. The first-order valence-corrected chi connectivity index (χ1v) is 8.19. The molecular weight excluding hydrogens is 296 g/mol. The molecule has 0 amide bonds. The van der Waals surface area contributed by atoms with E-state index >= 15 is 0 Å². The van der Waals surface area contributed by atoms with E-state index in [0.717, 1.165) is 4.90 Å². The second kappa shape index (κ2) is 7.47. The van der Waals surface area contributed by atoms with Gasteiger partial charge in [-0.25, -0.2) is 4.79 Å². The van der Waals surface area contributed by atoms with Crippen molar-refractivity contribution < 1.29 is 14.6 Å². The van der Waals surface area contributed by atoms with Crippen molar-refractivity contribution in [3.8, 4) is 0 Å². The Balaban J connectivity index is 2.21. The fourth-order valence-electron chi connectivity index (χ4n) is 2.05. The summed E-state index contributed by atoms with van der Waals surface area (Å²) >= 11 is 1.43. The Morgan fingerprint density at radius 1 is 1.14 bits per heavy atom. The molecule has 0 aromatic heterocycles. The highest BCUT2D eigenvalue weighted by molar-refractivity contribution is 7.99. The number of thioether (sulfide) groups is 1. The molecule has 0 radical (unpaired) electrons. The number of carbonyl (C=O) groups excluding carboxylic acids is 1. The summed E-state index contributed by atoms with van der Waals surface area (Å²) in [6.45, 7) is 3.99. The minimum Gasteiger partial charge on any atom is -0.464 e. The Morgan fingerprint density at radius 3 is 2.36 bits per heavy atom. The summed E-state index contributed by atoms with van der Waals surface area (Å²) in [5, 5.41) is 10.9. The first-order chi connectivity index (χ1) is 10.6. The predicted octanol–water partition coefficient (Wildman–Crippen LogP) is 3.54. The van der Waals surface area contributed by atoms with E-state index in [2.05, 4.69) is 0 Å². The Hall–Kier alpha value is -1.78. The van der Waals surface area contributed by atoms with Crippen LogP contribution in [-0.4, -0.2) is 23.4 Å². The summed E-state index contributed by atoms with van der Waals surface area (Å²) in [4.78, 5) is 13.3. The molecule has 0 heterocycles. The Kier molecular flexibility index (Phi) is 5.63. The quantitative estimate of drug-likeness (QED) is 0.654. The van der Waals surface area contributed by atoms with Gasteiger partial charge in [-0.15, -0.1) is 11.8 Å². The third kappa shape index (κ3) is 3.90. The molecule has 0 aliphatic rings. The van der Waals surface area contributed by atoms with Gasteiger partial charge in [-0.1, -0.05) is 48.0 Å². The van der Waals surface area contributed by atoms with Crippen LogP contribution in [0.5, 0.6) is 0 Å². The molecule has 0 spiro atoms. The second-order valence-electron chi connectivity index (χ2n) is 5.05. The first kappa shape index (κ1) is 16.6. The average Bonchev–Trinajstić information content (AvgIpc) is 2.55. The maximum atomic E-state index is 12.3. The van der Waals surface area contributed by atoms with Gasteiger partial charge in [-0.2, -0.15) is 0 Å². The summed E-state index contributed by atoms with van der Waals surface area (Å²) in [7, 11) is 0. The van der Waals surface area contributed by atoms with Gasteiger partial charge < -0.3 is 9.84 Å². The van der Waals surface area contributed by atoms with Crippen LogP contribution in [0.2, 0.25) is 0 Å². The molecule has 0 fully saturated rings. The molecule has 2 aromatic carbocycles. The maximum absolute atomic E-state index is 12.3. The van der Waals surface area contributed by atoms with Gasteiger partial charge in [0.25, 0.3) is 0 Å². The lowest BCUT2D eigenvalue weighted by molar-refractivity contribution is -0.163. The fraction of sp³-hybridized carbons (Fsp3) is 0.278. The molecule has 1 N–H and O–H groups in total. The van der Waals surface area contributed by atoms with Gasteiger partial charge >= 0.3 is 5.97 Å². The van der Waals surface area contributed by atoms with Gasteiger partial charge in [0, 0.05) is 10.6 Å². The molecule has 116 valence electrons.